The number of oxazole rings is 1. The third-order valence-electron chi connectivity index (χ3n) is 10.5. The van der Waals surface area contributed by atoms with Crippen molar-refractivity contribution in [2.45, 2.75) is 63.9 Å². The summed E-state index contributed by atoms with van der Waals surface area (Å²) < 4.78 is 13.3. The van der Waals surface area contributed by atoms with Gasteiger partial charge in [0.2, 0.25) is 17.7 Å². The summed E-state index contributed by atoms with van der Waals surface area (Å²) in [4.78, 5) is 62.9. The summed E-state index contributed by atoms with van der Waals surface area (Å²) in [5, 5.41) is 23.3. The second-order valence-electron chi connectivity index (χ2n) is 14.6. The highest BCUT2D eigenvalue weighted by Crippen LogP contribution is 2.58. The van der Waals surface area contributed by atoms with Crippen LogP contribution in [0.5, 0.6) is 5.75 Å². The van der Waals surface area contributed by atoms with Crippen molar-refractivity contribution in [3.63, 3.8) is 0 Å². The Bertz CT molecular complexity index is 2290. The van der Waals surface area contributed by atoms with Gasteiger partial charge in [-0.25, -0.2) is 4.98 Å². The first kappa shape index (κ1) is 34.2. The van der Waals surface area contributed by atoms with Crippen LogP contribution >= 0.6 is 0 Å². The van der Waals surface area contributed by atoms with Gasteiger partial charge in [0.25, 0.3) is 5.91 Å². The molecule has 5 aromatic rings. The van der Waals surface area contributed by atoms with Crippen LogP contribution in [0.15, 0.2) is 77.3 Å². The number of fused-ring (bicyclic) bond motifs is 5. The Kier molecular flexibility index (Phi) is 8.33. The van der Waals surface area contributed by atoms with Crippen LogP contribution in [-0.2, 0) is 21.4 Å². The number of hydrogen-bond donors (Lipinski definition) is 6. The molecule has 3 aliphatic rings. The molecule has 8 rings (SSSR count). The van der Waals surface area contributed by atoms with Gasteiger partial charge in [0.15, 0.2) is 23.5 Å². The number of para-hydroxylation sites is 2. The zero-order valence-corrected chi connectivity index (χ0v) is 29.7. The highest BCUT2D eigenvalue weighted by molar-refractivity contribution is 6.10. The second kappa shape index (κ2) is 12.9. The summed E-state index contributed by atoms with van der Waals surface area (Å²) in [6.45, 7) is 6.89. The Morgan fingerprint density at radius 3 is 2.57 bits per heavy atom. The van der Waals surface area contributed by atoms with Crippen molar-refractivity contribution in [3.8, 4) is 5.75 Å². The molecule has 1 spiro atoms. The molecule has 13 nitrogen and oxygen atoms in total. The number of benzene rings is 3. The lowest BCUT2D eigenvalue weighted by Crippen LogP contribution is -2.52. The molecular formula is C40H40N6O7. The molecule has 3 aliphatic heterocycles. The fourth-order valence-corrected chi connectivity index (χ4v) is 7.66. The minimum Gasteiger partial charge on any atom is -0.469 e. The number of ketones is 1. The van der Waals surface area contributed by atoms with Crippen molar-refractivity contribution in [3.05, 3.63) is 113 Å². The molecule has 0 fully saturated rings. The van der Waals surface area contributed by atoms with Crippen LogP contribution in [0.3, 0.4) is 0 Å². The number of rotatable bonds is 8. The van der Waals surface area contributed by atoms with Crippen molar-refractivity contribution in [2.75, 3.05) is 11.9 Å². The number of nitrogens with zero attached hydrogens (tertiary/aromatic N) is 1. The fraction of sp³-hybridized carbons (Fsp3) is 0.325. The number of aromatic nitrogens is 2. The van der Waals surface area contributed by atoms with Gasteiger partial charge in [-0.1, -0.05) is 76.2 Å². The maximum atomic E-state index is 14.4. The maximum absolute atomic E-state index is 14.4. The van der Waals surface area contributed by atoms with Crippen molar-refractivity contribution in [2.24, 2.45) is 11.8 Å². The second-order valence-corrected chi connectivity index (χ2v) is 14.6. The molecule has 1 unspecified atom stereocenters. The average molecular weight is 717 g/mol. The first-order valence-corrected chi connectivity index (χ1v) is 17.8. The number of aliphatic hydroxyl groups is 1. The molecule has 3 aromatic carbocycles. The SMILES string of the molecule is CC(C)[C@H](O)C(=O)N[C@H]1Cc2ccc3c(c2)[C@@]2(c4ccccc4NC2O3)c2oc(nc2C(=O)NCC(=O)c2c[nH]c3ccccc23)[C@H](C(C)C)NC1=O. The number of carbonyl (C=O) groups is 4. The van der Waals surface area contributed by atoms with Crippen molar-refractivity contribution in [1.82, 2.24) is 25.9 Å². The molecule has 4 bridgehead atoms. The topological polar surface area (TPSA) is 188 Å². The van der Waals surface area contributed by atoms with Crippen molar-refractivity contribution < 1.29 is 33.4 Å². The minimum absolute atomic E-state index is 0.0545. The van der Waals surface area contributed by atoms with E-state index in [0.29, 0.717) is 22.4 Å². The number of nitrogens with one attached hydrogen (secondary N) is 5. The Morgan fingerprint density at radius 1 is 1.00 bits per heavy atom. The number of Topliss-reactive ketones (excluding diaryl/α,β-unsaturated/α-hetero) is 1. The number of hydrogen-bond acceptors (Lipinski definition) is 9. The molecular weight excluding hydrogens is 676 g/mol. The Balaban J connectivity index is 1.26. The van der Waals surface area contributed by atoms with E-state index >= 15 is 0 Å². The highest BCUT2D eigenvalue weighted by atomic mass is 16.5. The van der Waals surface area contributed by atoms with Crippen LogP contribution in [0.4, 0.5) is 5.69 Å². The van der Waals surface area contributed by atoms with Gasteiger partial charge in [-0.3, -0.25) is 19.2 Å². The lowest BCUT2D eigenvalue weighted by Gasteiger charge is -2.29. The number of aliphatic hydroxyl groups excluding tert-OH is 1. The summed E-state index contributed by atoms with van der Waals surface area (Å²) in [5.74, 6) is -1.94. The molecule has 272 valence electrons. The van der Waals surface area contributed by atoms with Crippen molar-refractivity contribution in [1.29, 1.82) is 0 Å². The Labute approximate surface area is 304 Å². The standard InChI is InChI=1S/C40H40N6O7/c1-19(2)31-38-46-32(36(50)42-18-29(47)23-17-41-26-11-7-5-9-22(23)26)34(53-38)40-24-10-6-8-12-27(24)44-39(40)52-30-14-13-21(15-25(30)40)16-28(35(49)45-31)43-37(51)33(48)20(3)4/h5-15,17,19-20,28,31,33,39,41,44,48H,16,18H2,1-4H3,(H,42,50)(H,43,51)(H,45,49)/t28-,31-,33-,39?,40-/m0/s1. The van der Waals surface area contributed by atoms with E-state index in [1.54, 1.807) is 26.1 Å². The number of carbonyl (C=O) groups excluding carboxylic acids is 4. The van der Waals surface area contributed by atoms with Crippen LogP contribution < -0.4 is 26.0 Å². The molecule has 0 radical (unpaired) electrons. The molecule has 3 amide bonds. The van der Waals surface area contributed by atoms with Gasteiger partial charge in [0.1, 0.15) is 29.4 Å². The largest absolute Gasteiger partial charge is 0.469 e. The summed E-state index contributed by atoms with van der Waals surface area (Å²) in [5.41, 5.74) is 2.94. The molecule has 0 saturated heterocycles. The maximum Gasteiger partial charge on any atom is 0.273 e. The summed E-state index contributed by atoms with van der Waals surface area (Å²) in [6.07, 6.45) is -0.324. The number of anilines is 1. The van der Waals surface area contributed by atoms with Gasteiger partial charge >= 0.3 is 0 Å². The van der Waals surface area contributed by atoms with Crippen LogP contribution in [0, 0.1) is 11.8 Å². The first-order chi connectivity index (χ1) is 25.5. The fourth-order valence-electron chi connectivity index (χ4n) is 7.66. The predicted molar refractivity (Wildman–Crippen MR) is 194 cm³/mol. The average Bonchev–Trinajstić information content (AvgIpc) is 3.91. The van der Waals surface area contributed by atoms with Crippen molar-refractivity contribution >= 4 is 40.1 Å². The predicted octanol–water partition coefficient (Wildman–Crippen LogP) is 4.12. The van der Waals surface area contributed by atoms with Gasteiger partial charge in [-0.2, -0.15) is 0 Å². The lowest BCUT2D eigenvalue weighted by atomic mass is 9.72. The molecule has 0 aliphatic carbocycles. The first-order valence-electron chi connectivity index (χ1n) is 17.8. The van der Waals surface area contributed by atoms with Gasteiger partial charge in [0, 0.05) is 40.3 Å². The molecule has 13 heteroatoms. The van der Waals surface area contributed by atoms with Crippen LogP contribution in [0.25, 0.3) is 10.9 Å². The van der Waals surface area contributed by atoms with E-state index < -0.39 is 47.6 Å². The highest BCUT2D eigenvalue weighted by Gasteiger charge is 2.61. The van der Waals surface area contributed by atoms with Gasteiger partial charge in [0.05, 0.1) is 6.54 Å². The van der Waals surface area contributed by atoms with E-state index in [9.17, 15) is 24.3 Å². The van der Waals surface area contributed by atoms with E-state index in [1.807, 2.05) is 74.5 Å². The Morgan fingerprint density at radius 2 is 1.77 bits per heavy atom. The third kappa shape index (κ3) is 5.54. The normalized spacial score (nSPS) is 21.8. The number of amides is 3. The number of H-pyrrole nitrogens is 1. The number of aromatic amines is 1. The summed E-state index contributed by atoms with van der Waals surface area (Å²) >= 11 is 0. The third-order valence-corrected chi connectivity index (χ3v) is 10.5. The molecule has 0 saturated carbocycles. The minimum atomic E-state index is -1.32. The Hall–Kier alpha value is -5.95. The van der Waals surface area contributed by atoms with E-state index in [4.69, 9.17) is 14.1 Å². The quantitative estimate of drug-likeness (QED) is 0.129. The van der Waals surface area contributed by atoms with E-state index in [1.165, 1.54) is 0 Å². The molecule has 5 heterocycles. The van der Waals surface area contributed by atoms with E-state index in [-0.39, 0.29) is 47.9 Å². The zero-order chi connectivity index (χ0) is 37.2. The van der Waals surface area contributed by atoms with Crippen LogP contribution in [0.2, 0.25) is 0 Å². The number of ether oxygens (including phenoxy) is 1. The lowest BCUT2D eigenvalue weighted by molar-refractivity contribution is -0.135. The monoisotopic (exact) mass is 716 g/mol. The van der Waals surface area contributed by atoms with E-state index in [2.05, 4.69) is 26.3 Å². The molecule has 53 heavy (non-hydrogen) atoms. The summed E-state index contributed by atoms with van der Waals surface area (Å²) in [7, 11) is 0. The van der Waals surface area contributed by atoms with Gasteiger partial charge in [-0.15, -0.1) is 0 Å². The van der Waals surface area contributed by atoms with Gasteiger partial charge in [-0.05, 0) is 41.2 Å². The van der Waals surface area contributed by atoms with E-state index in [0.717, 1.165) is 22.2 Å². The van der Waals surface area contributed by atoms with Crippen LogP contribution in [-0.4, -0.2) is 63.5 Å². The van der Waals surface area contributed by atoms with Crippen LogP contribution in [0.1, 0.15) is 82.9 Å². The molecule has 6 N–H and O–H groups in total. The molecule has 2 aromatic heterocycles. The summed E-state index contributed by atoms with van der Waals surface area (Å²) in [6, 6.07) is 18.7. The zero-order valence-electron chi connectivity index (χ0n) is 29.7. The smallest absolute Gasteiger partial charge is 0.273 e. The molecule has 5 atom stereocenters. The van der Waals surface area contributed by atoms with Gasteiger partial charge < -0.3 is 40.5 Å².